The first-order valence-corrected chi connectivity index (χ1v) is 12.1. The van der Waals surface area contributed by atoms with Crippen molar-refractivity contribution in [1.82, 2.24) is 29.4 Å². The Morgan fingerprint density at radius 1 is 1.03 bits per heavy atom. The summed E-state index contributed by atoms with van der Waals surface area (Å²) in [6, 6.07) is 14.2. The number of piperazine rings is 1. The number of aromatic nitrogens is 5. The Bertz CT molecular complexity index is 1380. The number of anilines is 1. The number of benzene rings is 1. The van der Waals surface area contributed by atoms with E-state index in [9.17, 15) is 9.90 Å². The van der Waals surface area contributed by atoms with Gasteiger partial charge in [-0.25, -0.2) is 19.9 Å². The number of fused-ring (bicyclic) bond motifs is 3. The molecule has 10 nitrogen and oxygen atoms in total. The third-order valence-electron chi connectivity index (χ3n) is 6.78. The summed E-state index contributed by atoms with van der Waals surface area (Å²) in [7, 11) is 0. The number of rotatable bonds is 4. The average molecular weight is 486 g/mol. The van der Waals surface area contributed by atoms with E-state index in [1.54, 1.807) is 17.3 Å². The predicted molar refractivity (Wildman–Crippen MR) is 133 cm³/mol. The summed E-state index contributed by atoms with van der Waals surface area (Å²) in [5, 5.41) is 9.54. The molecule has 10 heteroatoms. The van der Waals surface area contributed by atoms with Gasteiger partial charge in [0.15, 0.2) is 5.65 Å². The second-order valence-electron chi connectivity index (χ2n) is 9.14. The molecule has 2 aliphatic rings. The molecule has 3 aromatic heterocycles. The summed E-state index contributed by atoms with van der Waals surface area (Å²) in [6.45, 7) is 4.83. The fourth-order valence-corrected chi connectivity index (χ4v) is 4.88. The van der Waals surface area contributed by atoms with Gasteiger partial charge in [-0.3, -0.25) is 4.79 Å². The summed E-state index contributed by atoms with van der Waals surface area (Å²) >= 11 is 0. The molecule has 36 heavy (non-hydrogen) atoms. The van der Waals surface area contributed by atoms with Gasteiger partial charge in [-0.2, -0.15) is 0 Å². The fourth-order valence-electron chi connectivity index (χ4n) is 4.88. The van der Waals surface area contributed by atoms with E-state index >= 15 is 0 Å². The van der Waals surface area contributed by atoms with Crippen LogP contribution in [0.1, 0.15) is 24.4 Å². The minimum absolute atomic E-state index is 0.0145. The number of aliphatic hydroxyl groups excluding tert-OH is 1. The van der Waals surface area contributed by atoms with E-state index in [0.717, 1.165) is 33.8 Å². The molecule has 1 amide bonds. The van der Waals surface area contributed by atoms with E-state index in [1.165, 1.54) is 6.92 Å². The Morgan fingerprint density at radius 2 is 1.78 bits per heavy atom. The van der Waals surface area contributed by atoms with Crippen LogP contribution >= 0.6 is 0 Å². The van der Waals surface area contributed by atoms with Gasteiger partial charge in [0.05, 0.1) is 18.3 Å². The number of aliphatic hydroxyl groups is 1. The highest BCUT2D eigenvalue weighted by atomic mass is 16.5. The van der Waals surface area contributed by atoms with Crippen molar-refractivity contribution in [1.29, 1.82) is 0 Å². The molecule has 5 heterocycles. The third kappa shape index (κ3) is 4.08. The average Bonchev–Trinajstić information content (AvgIpc) is 3.31. The van der Waals surface area contributed by atoms with Crippen LogP contribution in [0.5, 0.6) is 0 Å². The first-order chi connectivity index (χ1) is 17.6. The van der Waals surface area contributed by atoms with Crippen LogP contribution < -0.4 is 4.90 Å². The van der Waals surface area contributed by atoms with Gasteiger partial charge in [-0.1, -0.05) is 30.3 Å². The van der Waals surface area contributed by atoms with E-state index < -0.39 is 6.10 Å². The van der Waals surface area contributed by atoms with Crippen molar-refractivity contribution in [2.24, 2.45) is 0 Å². The molecule has 0 saturated carbocycles. The van der Waals surface area contributed by atoms with E-state index in [2.05, 4.69) is 26.7 Å². The number of carbonyl (C=O) groups excluding carboxylic acids is 1. The van der Waals surface area contributed by atoms with Gasteiger partial charge in [0.25, 0.3) is 5.91 Å². The predicted octanol–water partition coefficient (Wildman–Crippen LogP) is 2.04. The van der Waals surface area contributed by atoms with Crippen molar-refractivity contribution in [3.63, 3.8) is 0 Å². The van der Waals surface area contributed by atoms with Crippen LogP contribution in [0.25, 0.3) is 22.4 Å². The maximum absolute atomic E-state index is 12.0. The monoisotopic (exact) mass is 485 g/mol. The number of amides is 1. The highest BCUT2D eigenvalue weighted by molar-refractivity contribution is 5.80. The van der Waals surface area contributed by atoms with Crippen molar-refractivity contribution < 1.29 is 14.6 Å². The SMILES string of the molecule is CC(O)C(=O)N1CCN(c2ncc(-c3ccc4nc5n(c4n3)C(c3ccccc3)COC5)cn2)CC1. The van der Waals surface area contributed by atoms with Gasteiger partial charge in [-0.15, -0.1) is 0 Å². The van der Waals surface area contributed by atoms with Crippen LogP contribution in [0, 0.1) is 0 Å². The number of imidazole rings is 1. The molecule has 0 aliphatic carbocycles. The number of hydrogen-bond acceptors (Lipinski definition) is 8. The van der Waals surface area contributed by atoms with Crippen molar-refractivity contribution in [2.45, 2.75) is 25.7 Å². The first kappa shape index (κ1) is 22.6. The molecule has 0 spiro atoms. The Kier molecular flexibility index (Phi) is 5.82. The molecular weight excluding hydrogens is 458 g/mol. The molecular formula is C26H27N7O3. The summed E-state index contributed by atoms with van der Waals surface area (Å²) < 4.78 is 8.02. The van der Waals surface area contributed by atoms with Crippen LogP contribution in [0.15, 0.2) is 54.9 Å². The lowest BCUT2D eigenvalue weighted by molar-refractivity contribution is -0.139. The van der Waals surface area contributed by atoms with Gasteiger partial charge in [0, 0.05) is 44.1 Å². The molecule has 1 fully saturated rings. The molecule has 1 aromatic carbocycles. The van der Waals surface area contributed by atoms with Crippen LogP contribution in [-0.4, -0.2) is 79.3 Å². The summed E-state index contributed by atoms with van der Waals surface area (Å²) in [6.07, 6.45) is 2.60. The van der Waals surface area contributed by atoms with Gasteiger partial charge in [0.2, 0.25) is 5.95 Å². The number of ether oxygens (including phenoxy) is 1. The molecule has 0 bridgehead atoms. The normalized spacial score (nSPS) is 18.8. The molecule has 184 valence electrons. The molecule has 6 rings (SSSR count). The minimum Gasteiger partial charge on any atom is -0.384 e. The first-order valence-electron chi connectivity index (χ1n) is 12.1. The van der Waals surface area contributed by atoms with Crippen molar-refractivity contribution in [3.8, 4) is 11.3 Å². The highest BCUT2D eigenvalue weighted by Gasteiger charge is 2.27. The molecule has 1 saturated heterocycles. The quantitative estimate of drug-likeness (QED) is 0.468. The molecule has 2 atom stereocenters. The maximum atomic E-state index is 12.0. The number of hydrogen-bond donors (Lipinski definition) is 1. The lowest BCUT2D eigenvalue weighted by atomic mass is 10.1. The smallest absolute Gasteiger partial charge is 0.251 e. The maximum Gasteiger partial charge on any atom is 0.251 e. The van der Waals surface area contributed by atoms with Gasteiger partial charge in [0.1, 0.15) is 24.1 Å². The van der Waals surface area contributed by atoms with Crippen LogP contribution in [0.2, 0.25) is 0 Å². The van der Waals surface area contributed by atoms with E-state index in [1.807, 2.05) is 35.2 Å². The molecule has 0 radical (unpaired) electrons. The zero-order chi connectivity index (χ0) is 24.6. The van der Waals surface area contributed by atoms with E-state index in [0.29, 0.717) is 45.3 Å². The summed E-state index contributed by atoms with van der Waals surface area (Å²) in [5.74, 6) is 1.25. The molecule has 2 unspecified atom stereocenters. The zero-order valence-electron chi connectivity index (χ0n) is 20.0. The Balaban J connectivity index is 1.25. The van der Waals surface area contributed by atoms with Crippen molar-refractivity contribution in [2.75, 3.05) is 37.7 Å². The van der Waals surface area contributed by atoms with Crippen LogP contribution in [0.4, 0.5) is 5.95 Å². The highest BCUT2D eigenvalue weighted by Crippen LogP contribution is 2.31. The standard InChI is InChI=1S/C26H27N7O3/c1-17(34)25(35)31-9-11-32(12-10-31)26-27-13-19(14-28-26)20-7-8-21-24(30-20)33-22(15-36-16-23(33)29-21)18-5-3-2-4-6-18/h2-8,13-14,17,22,34H,9-12,15-16H2,1H3. The van der Waals surface area contributed by atoms with Gasteiger partial charge >= 0.3 is 0 Å². The minimum atomic E-state index is -0.978. The zero-order valence-corrected chi connectivity index (χ0v) is 20.0. The second kappa shape index (κ2) is 9.29. The van der Waals surface area contributed by atoms with Crippen molar-refractivity contribution >= 4 is 23.0 Å². The Morgan fingerprint density at radius 3 is 2.50 bits per heavy atom. The third-order valence-corrected chi connectivity index (χ3v) is 6.78. The van der Waals surface area contributed by atoms with Crippen molar-refractivity contribution in [3.05, 3.63) is 66.2 Å². The van der Waals surface area contributed by atoms with Gasteiger partial charge in [-0.05, 0) is 24.6 Å². The largest absolute Gasteiger partial charge is 0.384 e. The fraction of sp³-hybridized carbons (Fsp3) is 0.346. The Hall–Kier alpha value is -3.89. The number of nitrogens with zero attached hydrogens (tertiary/aromatic N) is 7. The van der Waals surface area contributed by atoms with Crippen LogP contribution in [-0.2, 0) is 16.1 Å². The lowest BCUT2D eigenvalue weighted by Crippen LogP contribution is -2.51. The summed E-state index contributed by atoms with van der Waals surface area (Å²) in [5.41, 5.74) is 4.42. The molecule has 2 aliphatic heterocycles. The number of pyridine rings is 1. The van der Waals surface area contributed by atoms with Crippen LogP contribution in [0.3, 0.4) is 0 Å². The lowest BCUT2D eigenvalue weighted by Gasteiger charge is -2.35. The topological polar surface area (TPSA) is 110 Å². The van der Waals surface area contributed by atoms with E-state index in [4.69, 9.17) is 14.7 Å². The number of carbonyl (C=O) groups is 1. The second-order valence-corrected chi connectivity index (χ2v) is 9.14. The van der Waals surface area contributed by atoms with Gasteiger partial charge < -0.3 is 24.2 Å². The summed E-state index contributed by atoms with van der Waals surface area (Å²) in [4.78, 5) is 34.6. The van der Waals surface area contributed by atoms with E-state index in [-0.39, 0.29) is 11.9 Å². The molecule has 1 N–H and O–H groups in total. The molecule has 4 aromatic rings. The Labute approximate surface area is 208 Å².